The number of rotatable bonds is 19. The fraction of sp³-hybridized carbons (Fsp3) is 0.929. The van der Waals surface area contributed by atoms with Crippen LogP contribution in [0.5, 0.6) is 0 Å². The summed E-state index contributed by atoms with van der Waals surface area (Å²) in [5, 5.41) is 9.46. The van der Waals surface area contributed by atoms with Gasteiger partial charge in [-0.05, 0) is 38.0 Å². The van der Waals surface area contributed by atoms with Crippen LogP contribution < -0.4 is 0 Å². The molecule has 1 fully saturated rings. The van der Waals surface area contributed by atoms with E-state index in [1.165, 1.54) is 64.2 Å². The van der Waals surface area contributed by atoms with Crippen molar-refractivity contribution in [3.05, 3.63) is 0 Å². The molecule has 0 spiro atoms. The molecular weight excluding hydrogens is 400 g/mol. The largest absolute Gasteiger partial charge is 0.481 e. The van der Waals surface area contributed by atoms with E-state index in [9.17, 15) is 14.7 Å². The Hall–Kier alpha value is -1.06. The number of carbonyl (C=O) groups excluding carboxylic acids is 1. The first-order chi connectivity index (χ1) is 15.5. The summed E-state index contributed by atoms with van der Waals surface area (Å²) in [5.74, 6) is -1.26. The molecule has 0 aromatic rings. The molecule has 3 unspecified atom stereocenters. The molecule has 32 heavy (non-hydrogen) atoms. The first kappa shape index (κ1) is 29.0. The van der Waals surface area contributed by atoms with Crippen LogP contribution >= 0.6 is 0 Å². The van der Waals surface area contributed by atoms with E-state index in [0.29, 0.717) is 12.8 Å². The molecule has 0 amide bonds. The van der Waals surface area contributed by atoms with Gasteiger partial charge in [-0.1, -0.05) is 111 Å². The van der Waals surface area contributed by atoms with Crippen molar-refractivity contribution in [3.8, 4) is 0 Å². The Morgan fingerprint density at radius 1 is 0.750 bits per heavy atom. The predicted molar refractivity (Wildman–Crippen MR) is 133 cm³/mol. The highest BCUT2D eigenvalue weighted by molar-refractivity contribution is 5.81. The molecule has 3 atom stereocenters. The van der Waals surface area contributed by atoms with E-state index >= 15 is 0 Å². The molecule has 0 aliphatic heterocycles. The van der Waals surface area contributed by atoms with Crippen molar-refractivity contribution in [2.75, 3.05) is 0 Å². The molecule has 1 N–H and O–H groups in total. The number of hydrogen-bond donors (Lipinski definition) is 1. The van der Waals surface area contributed by atoms with Crippen LogP contribution in [0.2, 0.25) is 0 Å². The Balaban J connectivity index is 2.18. The van der Waals surface area contributed by atoms with E-state index < -0.39 is 17.8 Å². The quantitative estimate of drug-likeness (QED) is 0.158. The number of esters is 1. The lowest BCUT2D eigenvalue weighted by Gasteiger charge is -2.28. The van der Waals surface area contributed by atoms with Gasteiger partial charge < -0.3 is 9.84 Å². The van der Waals surface area contributed by atoms with Gasteiger partial charge in [0.1, 0.15) is 6.10 Å². The second-order valence-electron chi connectivity index (χ2n) is 10.5. The van der Waals surface area contributed by atoms with Crippen molar-refractivity contribution in [1.29, 1.82) is 0 Å². The van der Waals surface area contributed by atoms with Crippen LogP contribution in [0.4, 0.5) is 0 Å². The maximum Gasteiger partial charge on any atom is 0.310 e. The minimum atomic E-state index is -0.840. The molecule has 4 nitrogen and oxygen atoms in total. The van der Waals surface area contributed by atoms with Gasteiger partial charge in [0.25, 0.3) is 0 Å². The summed E-state index contributed by atoms with van der Waals surface area (Å²) in [6, 6.07) is 0. The molecule has 1 saturated carbocycles. The van der Waals surface area contributed by atoms with Crippen molar-refractivity contribution in [3.63, 3.8) is 0 Å². The lowest BCUT2D eigenvalue weighted by molar-refractivity contribution is -0.164. The van der Waals surface area contributed by atoms with E-state index in [4.69, 9.17) is 4.74 Å². The highest BCUT2D eigenvalue weighted by Crippen LogP contribution is 2.32. The fourth-order valence-electron chi connectivity index (χ4n) is 4.99. The molecule has 0 heterocycles. The number of carboxylic acids is 1. The number of unbranched alkanes of at least 4 members (excludes halogenated alkanes) is 10. The second-order valence-corrected chi connectivity index (χ2v) is 10.5. The SMILES string of the molecule is CCCCC(CCCCCCCCCCCCC(C)C)OC(=O)C1CCCCC1C(=O)O. The molecule has 0 saturated heterocycles. The number of carbonyl (C=O) groups is 2. The molecule has 0 aromatic carbocycles. The number of ether oxygens (including phenoxy) is 1. The molecule has 0 aromatic heterocycles. The Bertz CT molecular complexity index is 488. The van der Waals surface area contributed by atoms with Crippen molar-refractivity contribution < 1.29 is 19.4 Å². The van der Waals surface area contributed by atoms with E-state index in [1.54, 1.807) is 0 Å². The molecule has 1 aliphatic rings. The summed E-state index contributed by atoms with van der Waals surface area (Å²) in [6.45, 7) is 6.77. The highest BCUT2D eigenvalue weighted by Gasteiger charge is 2.37. The Morgan fingerprint density at radius 3 is 1.72 bits per heavy atom. The minimum Gasteiger partial charge on any atom is -0.481 e. The molecule has 4 heteroatoms. The summed E-state index contributed by atoms with van der Waals surface area (Å²) in [7, 11) is 0. The van der Waals surface area contributed by atoms with Crippen LogP contribution in [-0.2, 0) is 14.3 Å². The zero-order valence-corrected chi connectivity index (χ0v) is 21.4. The molecule has 188 valence electrons. The second kappa shape index (κ2) is 18.4. The van der Waals surface area contributed by atoms with Gasteiger partial charge in [-0.25, -0.2) is 0 Å². The van der Waals surface area contributed by atoms with Crippen molar-refractivity contribution >= 4 is 11.9 Å². The maximum atomic E-state index is 12.7. The van der Waals surface area contributed by atoms with E-state index in [0.717, 1.165) is 50.9 Å². The van der Waals surface area contributed by atoms with E-state index in [1.807, 2.05) is 0 Å². The Kier molecular flexibility index (Phi) is 16.6. The topological polar surface area (TPSA) is 63.6 Å². The maximum absolute atomic E-state index is 12.7. The van der Waals surface area contributed by atoms with Gasteiger partial charge in [0.2, 0.25) is 0 Å². The van der Waals surface area contributed by atoms with Gasteiger partial charge >= 0.3 is 11.9 Å². The first-order valence-electron chi connectivity index (χ1n) is 13.9. The van der Waals surface area contributed by atoms with Crippen LogP contribution in [0.1, 0.15) is 143 Å². The summed E-state index contributed by atoms with van der Waals surface area (Å²) in [5.41, 5.74) is 0. The number of aliphatic carboxylic acids is 1. The van der Waals surface area contributed by atoms with Crippen molar-refractivity contribution in [1.82, 2.24) is 0 Å². The summed E-state index contributed by atoms with van der Waals surface area (Å²) >= 11 is 0. The van der Waals surface area contributed by atoms with Gasteiger partial charge in [0.15, 0.2) is 0 Å². The molecule has 1 rings (SSSR count). The van der Waals surface area contributed by atoms with E-state index in [-0.39, 0.29) is 12.1 Å². The van der Waals surface area contributed by atoms with Crippen LogP contribution in [0.15, 0.2) is 0 Å². The number of hydrogen-bond acceptors (Lipinski definition) is 3. The van der Waals surface area contributed by atoms with Crippen molar-refractivity contribution in [2.24, 2.45) is 17.8 Å². The Morgan fingerprint density at radius 2 is 1.22 bits per heavy atom. The fourth-order valence-corrected chi connectivity index (χ4v) is 4.99. The van der Waals surface area contributed by atoms with Crippen LogP contribution in [0.25, 0.3) is 0 Å². The number of carboxylic acid groups (broad SMARTS) is 1. The molecule has 0 bridgehead atoms. The monoisotopic (exact) mass is 452 g/mol. The van der Waals surface area contributed by atoms with Gasteiger partial charge in [-0.2, -0.15) is 0 Å². The average molecular weight is 453 g/mol. The normalized spacial score (nSPS) is 19.8. The van der Waals surface area contributed by atoms with Crippen LogP contribution in [-0.4, -0.2) is 23.1 Å². The third-order valence-electron chi connectivity index (χ3n) is 7.11. The third-order valence-corrected chi connectivity index (χ3v) is 7.11. The van der Waals surface area contributed by atoms with Gasteiger partial charge in [0, 0.05) is 0 Å². The zero-order valence-electron chi connectivity index (χ0n) is 21.4. The minimum absolute atomic E-state index is 0.0374. The van der Waals surface area contributed by atoms with Crippen LogP contribution in [0.3, 0.4) is 0 Å². The lowest BCUT2D eigenvalue weighted by Crippen LogP contribution is -2.35. The van der Waals surface area contributed by atoms with Crippen molar-refractivity contribution in [2.45, 2.75) is 149 Å². The first-order valence-corrected chi connectivity index (χ1v) is 13.9. The Labute approximate surface area is 198 Å². The van der Waals surface area contributed by atoms with Gasteiger partial charge in [-0.3, -0.25) is 9.59 Å². The van der Waals surface area contributed by atoms with Gasteiger partial charge in [-0.15, -0.1) is 0 Å². The third kappa shape index (κ3) is 13.5. The van der Waals surface area contributed by atoms with Crippen LogP contribution in [0, 0.1) is 17.8 Å². The van der Waals surface area contributed by atoms with E-state index in [2.05, 4.69) is 20.8 Å². The smallest absolute Gasteiger partial charge is 0.310 e. The summed E-state index contributed by atoms with van der Waals surface area (Å²) in [4.78, 5) is 24.3. The standard InChI is InChI=1S/C28H52O4/c1-4-5-19-24(32-28(31)26-22-17-16-21-25(26)27(29)30)20-15-13-11-9-7-6-8-10-12-14-18-23(2)3/h23-26H,4-22H2,1-3H3,(H,29,30). The van der Waals surface area contributed by atoms with Gasteiger partial charge in [0.05, 0.1) is 11.8 Å². The zero-order chi connectivity index (χ0) is 23.6. The lowest BCUT2D eigenvalue weighted by atomic mass is 9.79. The predicted octanol–water partition coefficient (Wildman–Crippen LogP) is 8.32. The summed E-state index contributed by atoms with van der Waals surface area (Å²) in [6.07, 6.45) is 21.6. The summed E-state index contributed by atoms with van der Waals surface area (Å²) < 4.78 is 5.88. The average Bonchev–Trinajstić information content (AvgIpc) is 2.77. The highest BCUT2D eigenvalue weighted by atomic mass is 16.5. The molecule has 0 radical (unpaired) electrons. The molecule has 1 aliphatic carbocycles. The molecular formula is C28H52O4.